The number of carbonyl (C=O) groups is 1. The summed E-state index contributed by atoms with van der Waals surface area (Å²) in [5, 5.41) is 2.91. The second-order valence-corrected chi connectivity index (χ2v) is 4.92. The lowest BCUT2D eigenvalue weighted by Crippen LogP contribution is -3.00. The molecule has 0 aliphatic rings. The number of halogens is 1. The van der Waals surface area contributed by atoms with Gasteiger partial charge in [0.1, 0.15) is 12.2 Å². The number of carbonyl (C=O) groups excluding carboxylic acids is 1. The monoisotopic (exact) mass is 316 g/mol. The van der Waals surface area contributed by atoms with E-state index in [0.29, 0.717) is 12.2 Å². The number of imidazole rings is 1. The van der Waals surface area contributed by atoms with Gasteiger partial charge in [0.05, 0.1) is 14.1 Å². The highest BCUT2D eigenvalue weighted by Crippen LogP contribution is 2.11. The van der Waals surface area contributed by atoms with Crippen LogP contribution in [0.3, 0.4) is 0 Å². The Bertz CT molecular complexity index is 760. The molecule has 114 valence electrons. The number of pyridine rings is 1. The van der Waals surface area contributed by atoms with Crippen molar-refractivity contribution in [2.75, 3.05) is 0 Å². The third kappa shape index (κ3) is 2.80. The van der Waals surface area contributed by atoms with Gasteiger partial charge in [0, 0.05) is 6.20 Å². The summed E-state index contributed by atoms with van der Waals surface area (Å²) in [5.41, 5.74) is 2.71. The number of rotatable bonds is 3. The molecule has 1 amide bonds. The first-order valence-electron chi connectivity index (χ1n) is 6.80. The molecule has 0 aliphatic carbocycles. The lowest BCUT2D eigenvalue weighted by atomic mass is 10.3. The summed E-state index contributed by atoms with van der Waals surface area (Å²) in [4.78, 5) is 16.1. The molecule has 0 fully saturated rings. The molecular formula is C16H17ClN4O. The third-order valence-corrected chi connectivity index (χ3v) is 3.68. The van der Waals surface area contributed by atoms with Crippen LogP contribution in [0.5, 0.6) is 0 Å². The molecule has 5 nitrogen and oxygen atoms in total. The Hall–Kier alpha value is -2.40. The van der Waals surface area contributed by atoms with Crippen LogP contribution >= 0.6 is 0 Å². The maximum Gasteiger partial charge on any atom is 0.276 e. The number of benzene rings is 1. The maximum atomic E-state index is 12.1. The summed E-state index contributed by atoms with van der Waals surface area (Å²) in [6.45, 7) is 0.455. The second-order valence-electron chi connectivity index (χ2n) is 4.92. The summed E-state index contributed by atoms with van der Waals surface area (Å²) in [7, 11) is 4.01. The number of fused-ring (bicyclic) bond motifs is 1. The quantitative estimate of drug-likeness (QED) is 0.588. The van der Waals surface area contributed by atoms with Crippen LogP contribution in [0.1, 0.15) is 16.3 Å². The van der Waals surface area contributed by atoms with E-state index in [1.165, 1.54) is 0 Å². The van der Waals surface area contributed by atoms with Crippen molar-refractivity contribution in [1.29, 1.82) is 0 Å². The number of aryl methyl sites for hydroxylation is 2. The summed E-state index contributed by atoms with van der Waals surface area (Å²) in [6.07, 6.45) is 1.62. The molecular weight excluding hydrogens is 300 g/mol. The SMILES string of the molecule is Cn1c(CNC(=O)c2ccccn2)[n+](C)c2ccccc21.[Cl-]. The van der Waals surface area contributed by atoms with Crippen molar-refractivity contribution in [3.8, 4) is 0 Å². The van der Waals surface area contributed by atoms with Crippen LogP contribution in [0, 0.1) is 0 Å². The molecule has 2 heterocycles. The average Bonchev–Trinajstić information content (AvgIpc) is 2.78. The van der Waals surface area contributed by atoms with Gasteiger partial charge in [0.2, 0.25) is 0 Å². The Morgan fingerprint density at radius 2 is 1.95 bits per heavy atom. The lowest BCUT2D eigenvalue weighted by Gasteiger charge is -2.03. The van der Waals surface area contributed by atoms with Crippen molar-refractivity contribution >= 4 is 16.9 Å². The number of nitrogens with zero attached hydrogens (tertiary/aromatic N) is 3. The molecule has 3 rings (SSSR count). The molecule has 0 spiro atoms. The van der Waals surface area contributed by atoms with E-state index in [-0.39, 0.29) is 18.3 Å². The molecule has 1 N–H and O–H groups in total. The maximum absolute atomic E-state index is 12.1. The van der Waals surface area contributed by atoms with Crippen molar-refractivity contribution in [1.82, 2.24) is 14.9 Å². The van der Waals surface area contributed by atoms with Crippen LogP contribution in [-0.2, 0) is 20.6 Å². The predicted molar refractivity (Wildman–Crippen MR) is 79.5 cm³/mol. The highest BCUT2D eigenvalue weighted by Gasteiger charge is 2.20. The van der Waals surface area contributed by atoms with Crippen molar-refractivity contribution in [3.63, 3.8) is 0 Å². The van der Waals surface area contributed by atoms with Gasteiger partial charge in [-0.1, -0.05) is 18.2 Å². The van der Waals surface area contributed by atoms with E-state index in [9.17, 15) is 4.79 Å². The molecule has 22 heavy (non-hydrogen) atoms. The molecule has 0 unspecified atom stereocenters. The predicted octanol–water partition coefficient (Wildman–Crippen LogP) is -1.67. The Kier molecular flexibility index (Phi) is 4.78. The average molecular weight is 317 g/mol. The van der Waals surface area contributed by atoms with Gasteiger partial charge >= 0.3 is 0 Å². The van der Waals surface area contributed by atoms with Gasteiger partial charge in [0.25, 0.3) is 11.7 Å². The van der Waals surface area contributed by atoms with E-state index >= 15 is 0 Å². The molecule has 0 saturated heterocycles. The zero-order valence-corrected chi connectivity index (χ0v) is 13.2. The number of hydrogen-bond donors (Lipinski definition) is 1. The van der Waals surface area contributed by atoms with E-state index < -0.39 is 0 Å². The minimum absolute atomic E-state index is 0. The number of para-hydroxylation sites is 2. The van der Waals surface area contributed by atoms with Crippen LogP contribution in [0.2, 0.25) is 0 Å². The molecule has 1 aromatic carbocycles. The first-order valence-corrected chi connectivity index (χ1v) is 6.80. The Labute approximate surface area is 135 Å². The van der Waals surface area contributed by atoms with Gasteiger partial charge < -0.3 is 17.7 Å². The number of nitrogens with one attached hydrogen (secondary N) is 1. The van der Waals surface area contributed by atoms with Gasteiger partial charge in [-0.2, -0.15) is 0 Å². The number of amides is 1. The minimum atomic E-state index is -0.166. The van der Waals surface area contributed by atoms with Crippen LogP contribution in [0.4, 0.5) is 0 Å². The van der Waals surface area contributed by atoms with Crippen molar-refractivity contribution in [2.24, 2.45) is 14.1 Å². The standard InChI is InChI=1S/C16H16N4O.ClH/c1-19-13-8-3-4-9-14(13)20(2)15(19)11-18-16(21)12-7-5-6-10-17-12;/h3-10H,11H2,1-2H3;1H. The van der Waals surface area contributed by atoms with E-state index in [0.717, 1.165) is 16.9 Å². The molecule has 0 atom stereocenters. The Morgan fingerprint density at radius 3 is 2.64 bits per heavy atom. The Morgan fingerprint density at radius 1 is 1.23 bits per heavy atom. The first kappa shape index (κ1) is 16.0. The van der Waals surface area contributed by atoms with E-state index in [1.54, 1.807) is 24.4 Å². The Balaban J connectivity index is 0.00000176. The molecule has 0 saturated carbocycles. The fraction of sp³-hybridized carbons (Fsp3) is 0.188. The van der Waals surface area contributed by atoms with E-state index in [4.69, 9.17) is 0 Å². The fourth-order valence-corrected chi connectivity index (χ4v) is 2.52. The van der Waals surface area contributed by atoms with E-state index in [1.807, 2.05) is 26.2 Å². The zero-order chi connectivity index (χ0) is 14.8. The van der Waals surface area contributed by atoms with Crippen LogP contribution in [0.25, 0.3) is 11.0 Å². The van der Waals surface area contributed by atoms with Gasteiger partial charge in [0.15, 0.2) is 11.0 Å². The highest BCUT2D eigenvalue weighted by atomic mass is 35.5. The smallest absolute Gasteiger partial charge is 0.276 e. The molecule has 0 aliphatic heterocycles. The van der Waals surface area contributed by atoms with Gasteiger partial charge in [-0.25, -0.2) is 9.13 Å². The summed E-state index contributed by atoms with van der Waals surface area (Å²) < 4.78 is 4.18. The van der Waals surface area contributed by atoms with Gasteiger partial charge in [-0.3, -0.25) is 9.78 Å². The molecule has 0 radical (unpaired) electrons. The van der Waals surface area contributed by atoms with Crippen molar-refractivity contribution < 1.29 is 21.8 Å². The highest BCUT2D eigenvalue weighted by molar-refractivity contribution is 5.92. The summed E-state index contributed by atoms with van der Waals surface area (Å²) in [6, 6.07) is 13.5. The lowest BCUT2D eigenvalue weighted by molar-refractivity contribution is -0.654. The third-order valence-electron chi connectivity index (χ3n) is 3.68. The topological polar surface area (TPSA) is 50.8 Å². The van der Waals surface area contributed by atoms with Gasteiger partial charge in [-0.05, 0) is 24.3 Å². The van der Waals surface area contributed by atoms with Crippen molar-refractivity contribution in [2.45, 2.75) is 6.54 Å². The number of aromatic nitrogens is 3. The fourth-order valence-electron chi connectivity index (χ4n) is 2.52. The number of hydrogen-bond acceptors (Lipinski definition) is 2. The van der Waals surface area contributed by atoms with E-state index in [2.05, 4.69) is 31.6 Å². The van der Waals surface area contributed by atoms with Gasteiger partial charge in [-0.15, -0.1) is 0 Å². The molecule has 3 aromatic rings. The second kappa shape index (κ2) is 6.58. The molecule has 6 heteroatoms. The summed E-state index contributed by atoms with van der Waals surface area (Å²) in [5.74, 6) is 0.862. The molecule has 0 bridgehead atoms. The van der Waals surface area contributed by atoms with Crippen LogP contribution < -0.4 is 22.3 Å². The minimum Gasteiger partial charge on any atom is -1.00 e. The van der Waals surface area contributed by atoms with Crippen LogP contribution in [0.15, 0.2) is 48.7 Å². The molecule has 2 aromatic heterocycles. The van der Waals surface area contributed by atoms with Crippen LogP contribution in [-0.4, -0.2) is 15.5 Å². The van der Waals surface area contributed by atoms with Crippen molar-refractivity contribution in [3.05, 3.63) is 60.2 Å². The first-order chi connectivity index (χ1) is 10.2. The summed E-state index contributed by atoms with van der Waals surface area (Å²) >= 11 is 0. The largest absolute Gasteiger partial charge is 1.00 e. The zero-order valence-electron chi connectivity index (χ0n) is 12.5. The normalized spacial score (nSPS) is 10.3.